The van der Waals surface area contributed by atoms with Gasteiger partial charge in [-0.2, -0.15) is 5.26 Å². The highest BCUT2D eigenvalue weighted by Crippen LogP contribution is 2.39. The quantitative estimate of drug-likeness (QED) is 0.915. The number of nitrogens with one attached hydrogen (secondary N) is 1. The molecule has 5 nitrogen and oxygen atoms in total. The predicted molar refractivity (Wildman–Crippen MR) is 92.2 cm³/mol. The summed E-state index contributed by atoms with van der Waals surface area (Å²) in [5.74, 6) is 1.68. The molecule has 0 bridgehead atoms. The van der Waals surface area contributed by atoms with Crippen molar-refractivity contribution in [2.24, 2.45) is 0 Å². The molecule has 1 aliphatic rings. The molecule has 2 aromatic rings. The summed E-state index contributed by atoms with van der Waals surface area (Å²) in [6.07, 6.45) is 3.44. The number of ether oxygens (including phenoxy) is 2. The lowest BCUT2D eigenvalue weighted by atomic mass is 9.73. The third-order valence-corrected chi connectivity index (χ3v) is 4.63. The molecule has 2 heterocycles. The third kappa shape index (κ3) is 3.34. The molecule has 0 amide bonds. The Bertz CT molecular complexity index is 716. The van der Waals surface area contributed by atoms with Crippen LogP contribution < -0.4 is 10.1 Å². The molecular formula is C19H21N3O2. The molecule has 1 N–H and O–H groups in total. The maximum Gasteiger partial charge on any atom is 0.125 e. The Morgan fingerprint density at radius 2 is 2.04 bits per heavy atom. The largest absolute Gasteiger partial charge is 0.496 e. The van der Waals surface area contributed by atoms with Gasteiger partial charge in [0.15, 0.2) is 0 Å². The number of benzene rings is 1. The fourth-order valence-electron chi connectivity index (χ4n) is 3.21. The molecule has 0 saturated carbocycles. The fraction of sp³-hybridized carbons (Fsp3) is 0.368. The number of aromatic nitrogens is 1. The number of hydrogen-bond donors (Lipinski definition) is 1. The summed E-state index contributed by atoms with van der Waals surface area (Å²) in [5.41, 5.74) is 1.71. The van der Waals surface area contributed by atoms with E-state index in [1.165, 1.54) is 5.56 Å². The fourth-order valence-corrected chi connectivity index (χ4v) is 3.21. The van der Waals surface area contributed by atoms with Crippen LogP contribution in [0.1, 0.15) is 24.0 Å². The highest BCUT2D eigenvalue weighted by molar-refractivity contribution is 5.44. The summed E-state index contributed by atoms with van der Waals surface area (Å²) in [4.78, 5) is 4.31. The Morgan fingerprint density at radius 3 is 2.71 bits per heavy atom. The number of methoxy groups -OCH3 is 1. The minimum Gasteiger partial charge on any atom is -0.496 e. The average Bonchev–Trinajstić information content (AvgIpc) is 2.67. The summed E-state index contributed by atoms with van der Waals surface area (Å²) in [5, 5.41) is 12.3. The molecule has 1 aliphatic heterocycles. The first-order valence-corrected chi connectivity index (χ1v) is 8.09. The number of para-hydroxylation sites is 1. The molecule has 0 aliphatic carbocycles. The number of pyridine rings is 1. The van der Waals surface area contributed by atoms with E-state index in [-0.39, 0.29) is 5.41 Å². The van der Waals surface area contributed by atoms with E-state index in [0.29, 0.717) is 5.56 Å². The van der Waals surface area contributed by atoms with Gasteiger partial charge >= 0.3 is 0 Å². The molecule has 24 heavy (non-hydrogen) atoms. The van der Waals surface area contributed by atoms with E-state index in [0.717, 1.165) is 44.2 Å². The van der Waals surface area contributed by atoms with Crippen LogP contribution in [0.2, 0.25) is 0 Å². The molecule has 1 fully saturated rings. The van der Waals surface area contributed by atoms with Crippen LogP contribution in [0, 0.1) is 11.3 Å². The van der Waals surface area contributed by atoms with Gasteiger partial charge in [0.1, 0.15) is 17.6 Å². The number of nitriles is 1. The zero-order valence-electron chi connectivity index (χ0n) is 13.8. The standard InChI is InChI=1S/C19H21N3O2/c1-23-17-5-3-2-4-16(17)19(8-10-24-11-9-19)14-22-18-7-6-15(12-20)13-21-18/h2-7,13H,8-11,14H2,1H3,(H,21,22). The highest BCUT2D eigenvalue weighted by atomic mass is 16.5. The van der Waals surface area contributed by atoms with Gasteiger partial charge in [-0.3, -0.25) is 0 Å². The van der Waals surface area contributed by atoms with Gasteiger partial charge in [0.2, 0.25) is 0 Å². The van der Waals surface area contributed by atoms with Crippen molar-refractivity contribution in [3.8, 4) is 11.8 Å². The molecule has 1 saturated heterocycles. The van der Waals surface area contributed by atoms with Crippen molar-refractivity contribution in [1.82, 2.24) is 4.98 Å². The van der Waals surface area contributed by atoms with E-state index in [1.54, 1.807) is 19.4 Å². The van der Waals surface area contributed by atoms with Gasteiger partial charge in [0.05, 0.1) is 12.7 Å². The van der Waals surface area contributed by atoms with E-state index >= 15 is 0 Å². The molecule has 1 aromatic heterocycles. The maximum absolute atomic E-state index is 8.87. The van der Waals surface area contributed by atoms with E-state index < -0.39 is 0 Å². The van der Waals surface area contributed by atoms with Crippen molar-refractivity contribution >= 4 is 5.82 Å². The smallest absolute Gasteiger partial charge is 0.125 e. The van der Waals surface area contributed by atoms with Crippen LogP contribution >= 0.6 is 0 Å². The van der Waals surface area contributed by atoms with Gasteiger partial charge < -0.3 is 14.8 Å². The Balaban J connectivity index is 1.84. The lowest BCUT2D eigenvalue weighted by Gasteiger charge is -2.38. The van der Waals surface area contributed by atoms with Crippen LogP contribution in [0.4, 0.5) is 5.82 Å². The molecule has 3 rings (SSSR count). The second kappa shape index (κ2) is 7.33. The van der Waals surface area contributed by atoms with E-state index in [4.69, 9.17) is 14.7 Å². The van der Waals surface area contributed by atoms with E-state index in [2.05, 4.69) is 28.5 Å². The summed E-state index contributed by atoms with van der Waals surface area (Å²) >= 11 is 0. The van der Waals surface area contributed by atoms with Crippen molar-refractivity contribution in [3.63, 3.8) is 0 Å². The van der Waals surface area contributed by atoms with Crippen LogP contribution in [-0.4, -0.2) is 31.9 Å². The second-order valence-electron chi connectivity index (χ2n) is 5.99. The average molecular weight is 323 g/mol. The summed E-state index contributed by atoms with van der Waals surface area (Å²) < 4.78 is 11.2. The van der Waals surface area contributed by atoms with Gasteiger partial charge in [-0.1, -0.05) is 18.2 Å². The SMILES string of the molecule is COc1ccccc1C1(CNc2ccc(C#N)cn2)CCOCC1. The van der Waals surface area contributed by atoms with E-state index in [9.17, 15) is 0 Å². The van der Waals surface area contributed by atoms with Crippen molar-refractivity contribution < 1.29 is 9.47 Å². The second-order valence-corrected chi connectivity index (χ2v) is 5.99. The van der Waals surface area contributed by atoms with Gasteiger partial charge in [-0.05, 0) is 31.0 Å². The highest BCUT2D eigenvalue weighted by Gasteiger charge is 2.36. The molecule has 0 spiro atoms. The normalized spacial score (nSPS) is 16.2. The van der Waals surface area contributed by atoms with Gasteiger partial charge in [0.25, 0.3) is 0 Å². The zero-order valence-corrected chi connectivity index (χ0v) is 13.8. The minimum absolute atomic E-state index is 0.0551. The predicted octanol–water partition coefficient (Wildman–Crippen LogP) is 3.12. The molecular weight excluding hydrogens is 302 g/mol. The van der Waals surface area contributed by atoms with Crippen LogP contribution in [0.15, 0.2) is 42.6 Å². The van der Waals surface area contributed by atoms with Crippen LogP contribution in [0.25, 0.3) is 0 Å². The minimum atomic E-state index is -0.0551. The monoisotopic (exact) mass is 323 g/mol. The number of rotatable bonds is 5. The van der Waals surface area contributed by atoms with Gasteiger partial charge in [-0.25, -0.2) is 4.98 Å². The Hall–Kier alpha value is -2.58. The number of hydrogen-bond acceptors (Lipinski definition) is 5. The Morgan fingerprint density at radius 1 is 1.25 bits per heavy atom. The van der Waals surface area contributed by atoms with Gasteiger partial charge in [0, 0.05) is 36.9 Å². The topological polar surface area (TPSA) is 67.2 Å². The van der Waals surface area contributed by atoms with Crippen molar-refractivity contribution in [3.05, 3.63) is 53.7 Å². The molecule has 124 valence electrons. The summed E-state index contributed by atoms with van der Waals surface area (Å²) in [7, 11) is 1.71. The van der Waals surface area contributed by atoms with Crippen LogP contribution in [0.5, 0.6) is 5.75 Å². The number of nitrogens with zero attached hydrogens (tertiary/aromatic N) is 2. The lowest BCUT2D eigenvalue weighted by Crippen LogP contribution is -2.40. The summed E-state index contributed by atoms with van der Waals surface area (Å²) in [6, 6.07) is 13.9. The number of anilines is 1. The Labute approximate surface area is 142 Å². The molecule has 0 unspecified atom stereocenters. The maximum atomic E-state index is 8.87. The van der Waals surface area contributed by atoms with Crippen LogP contribution in [0.3, 0.4) is 0 Å². The van der Waals surface area contributed by atoms with Crippen molar-refractivity contribution in [1.29, 1.82) is 5.26 Å². The first kappa shape index (κ1) is 16.3. The lowest BCUT2D eigenvalue weighted by molar-refractivity contribution is 0.0535. The summed E-state index contributed by atoms with van der Waals surface area (Å²) in [6.45, 7) is 2.22. The molecule has 0 radical (unpaired) electrons. The van der Waals surface area contributed by atoms with Crippen molar-refractivity contribution in [2.75, 3.05) is 32.2 Å². The molecule has 0 atom stereocenters. The van der Waals surface area contributed by atoms with Crippen molar-refractivity contribution in [2.45, 2.75) is 18.3 Å². The molecule has 1 aromatic carbocycles. The first-order chi connectivity index (χ1) is 11.8. The third-order valence-electron chi connectivity index (χ3n) is 4.63. The first-order valence-electron chi connectivity index (χ1n) is 8.09. The Kier molecular flexibility index (Phi) is 4.97. The van der Waals surface area contributed by atoms with Crippen LogP contribution in [-0.2, 0) is 10.2 Å². The van der Waals surface area contributed by atoms with Gasteiger partial charge in [-0.15, -0.1) is 0 Å². The molecule has 5 heteroatoms. The zero-order chi connectivity index (χ0) is 16.8. The van der Waals surface area contributed by atoms with E-state index in [1.807, 2.05) is 18.2 Å².